The molecule has 0 unspecified atom stereocenters. The summed E-state index contributed by atoms with van der Waals surface area (Å²) in [6, 6.07) is 7.79. The second-order valence-electron chi connectivity index (χ2n) is 6.87. The van der Waals surface area contributed by atoms with Crippen molar-refractivity contribution in [1.82, 2.24) is 14.8 Å². The number of rotatable bonds is 5. The molecule has 0 amide bonds. The molecule has 0 radical (unpaired) electrons. The summed E-state index contributed by atoms with van der Waals surface area (Å²) >= 11 is 0. The topological polar surface area (TPSA) is 127 Å². The van der Waals surface area contributed by atoms with Crippen LogP contribution in [0.3, 0.4) is 0 Å². The van der Waals surface area contributed by atoms with Crippen LogP contribution in [0.1, 0.15) is 24.0 Å². The Kier molecular flexibility index (Phi) is 3.72. The molecule has 136 valence electrons. The van der Waals surface area contributed by atoms with E-state index in [0.29, 0.717) is 28.7 Å². The highest BCUT2D eigenvalue weighted by molar-refractivity contribution is 7.92. The van der Waals surface area contributed by atoms with Crippen LogP contribution in [0.4, 0.5) is 5.69 Å². The van der Waals surface area contributed by atoms with E-state index in [0.717, 1.165) is 18.4 Å². The van der Waals surface area contributed by atoms with Crippen LogP contribution in [0, 0.1) is 35.0 Å². The minimum Gasteiger partial charge on any atom is -0.358 e. The van der Waals surface area contributed by atoms with Gasteiger partial charge in [-0.1, -0.05) is 6.07 Å². The fraction of sp³-hybridized carbons (Fsp3) is 0.278. The van der Waals surface area contributed by atoms with Crippen LogP contribution in [0.15, 0.2) is 35.6 Å². The minimum absolute atomic E-state index is 0.0250. The van der Waals surface area contributed by atoms with Gasteiger partial charge in [-0.05, 0) is 31.4 Å². The Morgan fingerprint density at radius 2 is 2.15 bits per heavy atom. The Labute approximate surface area is 156 Å². The van der Waals surface area contributed by atoms with Crippen LogP contribution in [0.25, 0.3) is 10.9 Å². The second-order valence-corrected chi connectivity index (χ2v) is 8.55. The fourth-order valence-electron chi connectivity index (χ4n) is 3.13. The number of nitrogens with zero attached hydrogens (tertiary/aromatic N) is 4. The Bertz CT molecular complexity index is 1240. The zero-order chi connectivity index (χ0) is 19.2. The van der Waals surface area contributed by atoms with Crippen LogP contribution < -0.4 is 4.72 Å². The standard InChI is InChI=1S/C18H16N6O2S/c1-12-2-3-15(17-16(12)13(6-19)7-21-17)23-27(25,26)14-8-22-24(9-14)11-18(10-20)4-5-18/h2-3,7-9,21,23H,4-5,11H2,1H3. The lowest BCUT2D eigenvalue weighted by atomic mass is 10.1. The molecule has 8 nitrogen and oxygen atoms in total. The number of H-pyrrole nitrogens is 1. The maximum atomic E-state index is 12.8. The second kappa shape index (κ2) is 5.86. The largest absolute Gasteiger partial charge is 0.358 e. The molecule has 0 bridgehead atoms. The van der Waals surface area contributed by atoms with Crippen LogP contribution in [-0.2, 0) is 16.6 Å². The van der Waals surface area contributed by atoms with Crippen molar-refractivity contribution in [1.29, 1.82) is 10.5 Å². The van der Waals surface area contributed by atoms with Crippen molar-refractivity contribution in [3.63, 3.8) is 0 Å². The van der Waals surface area contributed by atoms with Crippen LogP contribution in [-0.4, -0.2) is 23.2 Å². The van der Waals surface area contributed by atoms with E-state index < -0.39 is 15.4 Å². The molecule has 0 atom stereocenters. The van der Waals surface area contributed by atoms with Gasteiger partial charge in [0.2, 0.25) is 0 Å². The van der Waals surface area contributed by atoms with E-state index in [1.807, 2.05) is 6.92 Å². The average molecular weight is 380 g/mol. The summed E-state index contributed by atoms with van der Waals surface area (Å²) in [6.45, 7) is 2.25. The molecule has 1 aliphatic rings. The lowest BCUT2D eigenvalue weighted by Gasteiger charge is -2.09. The molecule has 0 saturated heterocycles. The van der Waals surface area contributed by atoms with Crippen LogP contribution >= 0.6 is 0 Å². The van der Waals surface area contributed by atoms with Gasteiger partial charge in [-0.2, -0.15) is 15.6 Å². The molecular weight excluding hydrogens is 364 g/mol. The van der Waals surface area contributed by atoms with Crippen molar-refractivity contribution in [2.75, 3.05) is 4.72 Å². The van der Waals surface area contributed by atoms with Crippen molar-refractivity contribution in [2.24, 2.45) is 5.41 Å². The number of anilines is 1. The summed E-state index contributed by atoms with van der Waals surface area (Å²) in [5, 5.41) is 23.2. The van der Waals surface area contributed by atoms with Gasteiger partial charge in [0.25, 0.3) is 10.0 Å². The number of aryl methyl sites for hydroxylation is 1. The van der Waals surface area contributed by atoms with Gasteiger partial charge in [-0.25, -0.2) is 8.42 Å². The van der Waals surface area contributed by atoms with Gasteiger partial charge < -0.3 is 4.98 Å². The number of fused-ring (bicyclic) bond motifs is 1. The number of hydrogen-bond acceptors (Lipinski definition) is 5. The summed E-state index contributed by atoms with van der Waals surface area (Å²) in [5.74, 6) is 0. The summed E-state index contributed by atoms with van der Waals surface area (Å²) in [7, 11) is -3.86. The molecule has 2 heterocycles. The number of sulfonamides is 1. The van der Waals surface area contributed by atoms with Crippen molar-refractivity contribution in [2.45, 2.75) is 31.2 Å². The maximum absolute atomic E-state index is 12.8. The smallest absolute Gasteiger partial charge is 0.265 e. The summed E-state index contributed by atoms with van der Waals surface area (Å²) in [4.78, 5) is 2.99. The van der Waals surface area contributed by atoms with Gasteiger partial charge in [0.1, 0.15) is 11.0 Å². The van der Waals surface area contributed by atoms with Gasteiger partial charge >= 0.3 is 0 Å². The number of hydrogen-bond donors (Lipinski definition) is 2. The monoisotopic (exact) mass is 380 g/mol. The summed E-state index contributed by atoms with van der Waals surface area (Å²) in [6.07, 6.45) is 5.87. The van der Waals surface area contributed by atoms with Crippen molar-refractivity contribution in [3.05, 3.63) is 41.9 Å². The number of aromatic nitrogens is 3. The van der Waals surface area contributed by atoms with Gasteiger partial charge in [0.05, 0.1) is 41.0 Å². The zero-order valence-corrected chi connectivity index (χ0v) is 15.3. The minimum atomic E-state index is -3.86. The third kappa shape index (κ3) is 2.92. The summed E-state index contributed by atoms with van der Waals surface area (Å²) < 4.78 is 29.6. The van der Waals surface area contributed by atoms with E-state index in [4.69, 9.17) is 0 Å². The maximum Gasteiger partial charge on any atom is 0.265 e. The van der Waals surface area contributed by atoms with Gasteiger partial charge in [-0.3, -0.25) is 9.40 Å². The quantitative estimate of drug-likeness (QED) is 0.703. The number of nitriles is 2. The van der Waals surface area contributed by atoms with Crippen LogP contribution in [0.5, 0.6) is 0 Å². The van der Waals surface area contributed by atoms with E-state index in [9.17, 15) is 18.9 Å². The highest BCUT2D eigenvalue weighted by Gasteiger charge is 2.43. The molecule has 2 N–H and O–H groups in total. The molecule has 27 heavy (non-hydrogen) atoms. The van der Waals surface area contributed by atoms with Gasteiger partial charge in [0, 0.05) is 17.8 Å². The molecule has 1 saturated carbocycles. The van der Waals surface area contributed by atoms with Crippen molar-refractivity contribution in [3.8, 4) is 12.1 Å². The Hall–Kier alpha value is -3.30. The number of benzene rings is 1. The lowest BCUT2D eigenvalue weighted by molar-refractivity contribution is 0.485. The van der Waals surface area contributed by atoms with E-state index in [2.05, 4.69) is 26.9 Å². The highest BCUT2D eigenvalue weighted by atomic mass is 32.2. The predicted octanol–water partition coefficient (Wildman–Crippen LogP) is 2.65. The SMILES string of the molecule is Cc1ccc(NS(=O)(=O)c2cnn(CC3(C#N)CC3)c2)c2[nH]cc(C#N)c12. The predicted molar refractivity (Wildman–Crippen MR) is 98.1 cm³/mol. The van der Waals surface area contributed by atoms with E-state index in [1.165, 1.54) is 17.1 Å². The molecule has 9 heteroatoms. The molecule has 4 rings (SSSR count). The third-order valence-electron chi connectivity index (χ3n) is 4.88. The molecule has 1 aliphatic carbocycles. The molecule has 2 aromatic heterocycles. The molecule has 1 aromatic carbocycles. The van der Waals surface area contributed by atoms with Crippen molar-refractivity contribution < 1.29 is 8.42 Å². The van der Waals surface area contributed by atoms with Crippen LogP contribution in [0.2, 0.25) is 0 Å². The van der Waals surface area contributed by atoms with Gasteiger partial charge in [0.15, 0.2) is 0 Å². The first-order valence-electron chi connectivity index (χ1n) is 8.35. The normalized spacial score (nSPS) is 15.2. The molecule has 1 fully saturated rings. The number of aromatic amines is 1. The zero-order valence-electron chi connectivity index (χ0n) is 14.5. The number of nitrogens with one attached hydrogen (secondary N) is 2. The summed E-state index contributed by atoms with van der Waals surface area (Å²) in [5.41, 5.74) is 1.85. The highest BCUT2D eigenvalue weighted by Crippen LogP contribution is 2.46. The third-order valence-corrected chi connectivity index (χ3v) is 6.20. The van der Waals surface area contributed by atoms with Gasteiger partial charge in [-0.15, -0.1) is 0 Å². The first-order valence-corrected chi connectivity index (χ1v) is 9.83. The molecule has 0 aliphatic heterocycles. The Balaban J connectivity index is 1.65. The Morgan fingerprint density at radius 3 is 2.81 bits per heavy atom. The molecule has 0 spiro atoms. The first-order chi connectivity index (χ1) is 12.9. The fourth-order valence-corrected chi connectivity index (χ4v) is 4.16. The average Bonchev–Trinajstić information content (AvgIpc) is 3.06. The Morgan fingerprint density at radius 1 is 1.37 bits per heavy atom. The van der Waals surface area contributed by atoms with E-state index in [-0.39, 0.29) is 4.90 Å². The van der Waals surface area contributed by atoms with E-state index in [1.54, 1.807) is 18.3 Å². The lowest BCUT2D eigenvalue weighted by Crippen LogP contribution is -2.13. The first kappa shape index (κ1) is 17.1. The molecule has 3 aromatic rings. The van der Waals surface area contributed by atoms with E-state index >= 15 is 0 Å². The molecular formula is C18H16N6O2S. The van der Waals surface area contributed by atoms with Crippen molar-refractivity contribution >= 4 is 26.6 Å².